The van der Waals surface area contributed by atoms with Crippen LogP contribution < -0.4 is 9.64 Å². The molecule has 1 amide bonds. The van der Waals surface area contributed by atoms with E-state index in [2.05, 4.69) is 11.8 Å². The number of sulfonamides is 1. The highest BCUT2D eigenvalue weighted by Gasteiger charge is 2.41. The number of carboxylic acid groups (broad SMARTS) is 1. The molecule has 0 saturated heterocycles. The molecule has 1 atom stereocenters. The molecule has 1 unspecified atom stereocenters. The summed E-state index contributed by atoms with van der Waals surface area (Å²) in [4.78, 5) is 25.2. The number of anilines is 1. The van der Waals surface area contributed by atoms with Gasteiger partial charge in [0.2, 0.25) is 15.9 Å². The van der Waals surface area contributed by atoms with Crippen LogP contribution in [0.15, 0.2) is 47.4 Å². The highest BCUT2D eigenvalue weighted by atomic mass is 32.2. The van der Waals surface area contributed by atoms with E-state index in [1.54, 1.807) is 6.92 Å². The summed E-state index contributed by atoms with van der Waals surface area (Å²) in [5.41, 5.74) is 0.453. The number of hydrogen-bond acceptors (Lipinski definition) is 5. The number of carbonyl (C=O) groups excluding carboxylic acids is 1. The Labute approximate surface area is 185 Å². The lowest BCUT2D eigenvalue weighted by atomic mass is 10.1. The Morgan fingerprint density at radius 1 is 1.22 bits per heavy atom. The van der Waals surface area contributed by atoms with Crippen LogP contribution >= 0.6 is 0 Å². The van der Waals surface area contributed by atoms with Crippen molar-refractivity contribution in [3.05, 3.63) is 53.8 Å². The monoisotopic (exact) mass is 460 g/mol. The standard InChI is InChI=1S/C22H21FN2O6S/c1-3-4-11-31-18-6-8-19(9-7-18)32(29,30)25-13-16-12-17(23)5-10-20(16)24(15(2)26)14-21(25)22(27)28/h5-10,12,21H,11,13-14H2,1-2H3,(H,27,28). The molecule has 1 N–H and O–H groups in total. The second-order valence-corrected chi connectivity index (χ2v) is 8.88. The minimum absolute atomic E-state index is 0.138. The van der Waals surface area contributed by atoms with Gasteiger partial charge >= 0.3 is 5.97 Å². The van der Waals surface area contributed by atoms with Crippen LogP contribution in [0.4, 0.5) is 10.1 Å². The number of fused-ring (bicyclic) bond motifs is 1. The van der Waals surface area contributed by atoms with Crippen LogP contribution in [-0.2, 0) is 26.2 Å². The van der Waals surface area contributed by atoms with Crippen LogP contribution in [-0.4, -0.2) is 48.9 Å². The molecule has 2 aromatic carbocycles. The van der Waals surface area contributed by atoms with Crippen LogP contribution in [0, 0.1) is 17.7 Å². The first-order chi connectivity index (χ1) is 15.1. The molecule has 168 valence electrons. The van der Waals surface area contributed by atoms with Gasteiger partial charge in [-0.2, -0.15) is 4.31 Å². The molecule has 1 aliphatic heterocycles. The van der Waals surface area contributed by atoms with Gasteiger partial charge in [-0.3, -0.25) is 9.59 Å². The van der Waals surface area contributed by atoms with Gasteiger partial charge in [0.1, 0.15) is 24.2 Å². The van der Waals surface area contributed by atoms with Crippen LogP contribution in [0.2, 0.25) is 0 Å². The van der Waals surface area contributed by atoms with Gasteiger partial charge in [-0.25, -0.2) is 12.8 Å². The van der Waals surface area contributed by atoms with Gasteiger partial charge in [-0.1, -0.05) is 5.92 Å². The molecule has 2 aromatic rings. The summed E-state index contributed by atoms with van der Waals surface area (Å²) in [6, 6.07) is 7.47. The molecular weight excluding hydrogens is 439 g/mol. The quantitative estimate of drug-likeness (QED) is 0.687. The molecule has 0 aliphatic carbocycles. The van der Waals surface area contributed by atoms with Crippen molar-refractivity contribution in [1.82, 2.24) is 4.31 Å². The summed E-state index contributed by atoms with van der Waals surface area (Å²) >= 11 is 0. The molecule has 0 fully saturated rings. The summed E-state index contributed by atoms with van der Waals surface area (Å²) in [5, 5.41) is 9.79. The van der Waals surface area contributed by atoms with E-state index in [9.17, 15) is 27.5 Å². The average Bonchev–Trinajstić information content (AvgIpc) is 2.91. The summed E-state index contributed by atoms with van der Waals surface area (Å²) in [7, 11) is -4.32. The van der Waals surface area contributed by atoms with Crippen molar-refractivity contribution in [3.63, 3.8) is 0 Å². The number of aliphatic carboxylic acids is 1. The van der Waals surface area contributed by atoms with E-state index < -0.39 is 46.8 Å². The normalized spacial score (nSPS) is 16.3. The highest BCUT2D eigenvalue weighted by molar-refractivity contribution is 7.89. The predicted molar refractivity (Wildman–Crippen MR) is 114 cm³/mol. The van der Waals surface area contributed by atoms with Crippen LogP contribution in [0.1, 0.15) is 19.4 Å². The first kappa shape index (κ1) is 23.2. The molecule has 8 nitrogen and oxygen atoms in total. The zero-order valence-electron chi connectivity index (χ0n) is 17.4. The number of nitrogens with zero attached hydrogens (tertiary/aromatic N) is 2. The molecule has 0 saturated carbocycles. The molecule has 0 bridgehead atoms. The number of benzene rings is 2. The fourth-order valence-electron chi connectivity index (χ4n) is 3.37. The molecule has 0 aromatic heterocycles. The van der Waals surface area contributed by atoms with Gasteiger partial charge < -0.3 is 14.7 Å². The fraction of sp³-hybridized carbons (Fsp3) is 0.273. The SMILES string of the molecule is CC#CCOc1ccc(S(=O)(=O)N2Cc3cc(F)ccc3N(C(C)=O)CC2C(=O)O)cc1. The van der Waals surface area contributed by atoms with Crippen LogP contribution in [0.25, 0.3) is 0 Å². The Balaban J connectivity index is 2.04. The highest BCUT2D eigenvalue weighted by Crippen LogP contribution is 2.32. The maximum atomic E-state index is 13.9. The number of carbonyl (C=O) groups is 2. The number of halogens is 1. The minimum Gasteiger partial charge on any atom is -0.481 e. The third kappa shape index (κ3) is 4.74. The van der Waals surface area contributed by atoms with Gasteiger partial charge in [0.15, 0.2) is 0 Å². The van der Waals surface area contributed by atoms with Gasteiger partial charge in [-0.15, -0.1) is 5.92 Å². The van der Waals surface area contributed by atoms with Gasteiger partial charge in [-0.05, 0) is 55.0 Å². The van der Waals surface area contributed by atoms with Gasteiger partial charge in [0.25, 0.3) is 0 Å². The van der Waals surface area contributed by atoms with E-state index in [1.165, 1.54) is 37.3 Å². The molecule has 3 rings (SSSR count). The maximum absolute atomic E-state index is 13.9. The summed E-state index contributed by atoms with van der Waals surface area (Å²) in [6.45, 7) is 2.20. The van der Waals surface area contributed by atoms with Crippen molar-refractivity contribution in [1.29, 1.82) is 0 Å². The predicted octanol–water partition coefficient (Wildman–Crippen LogP) is 2.24. The van der Waals surface area contributed by atoms with E-state index in [0.717, 1.165) is 21.3 Å². The topological polar surface area (TPSA) is 104 Å². The van der Waals surface area contributed by atoms with E-state index in [0.29, 0.717) is 5.75 Å². The van der Waals surface area contributed by atoms with E-state index in [4.69, 9.17) is 4.74 Å². The van der Waals surface area contributed by atoms with Crippen LogP contribution in [0.5, 0.6) is 5.75 Å². The smallest absolute Gasteiger partial charge is 0.323 e. The van der Waals surface area contributed by atoms with Crippen molar-refractivity contribution in [2.45, 2.75) is 31.3 Å². The third-order valence-electron chi connectivity index (χ3n) is 4.94. The Morgan fingerprint density at radius 2 is 1.91 bits per heavy atom. The van der Waals surface area contributed by atoms with E-state index >= 15 is 0 Å². The first-order valence-electron chi connectivity index (χ1n) is 9.58. The van der Waals surface area contributed by atoms with Crippen molar-refractivity contribution in [3.8, 4) is 17.6 Å². The lowest BCUT2D eigenvalue weighted by Crippen LogP contribution is -2.49. The maximum Gasteiger partial charge on any atom is 0.323 e. The largest absolute Gasteiger partial charge is 0.481 e. The summed E-state index contributed by atoms with van der Waals surface area (Å²) < 4.78 is 46.9. The molecule has 0 radical (unpaired) electrons. The minimum atomic E-state index is -4.32. The second-order valence-electron chi connectivity index (χ2n) is 6.99. The lowest BCUT2D eigenvalue weighted by molar-refractivity contribution is -0.141. The molecular formula is C22H21FN2O6S. The Bertz CT molecular complexity index is 1200. The van der Waals surface area contributed by atoms with Crippen molar-refractivity contribution in [2.24, 2.45) is 0 Å². The zero-order chi connectivity index (χ0) is 23.5. The number of rotatable bonds is 5. The van der Waals surface area contributed by atoms with Crippen LogP contribution in [0.3, 0.4) is 0 Å². The van der Waals surface area contributed by atoms with Crippen molar-refractivity contribution in [2.75, 3.05) is 18.1 Å². The Morgan fingerprint density at radius 3 is 2.50 bits per heavy atom. The third-order valence-corrected chi connectivity index (χ3v) is 6.81. The molecule has 1 heterocycles. The second kappa shape index (κ2) is 9.38. The molecule has 32 heavy (non-hydrogen) atoms. The van der Waals surface area contributed by atoms with E-state index in [1.807, 2.05) is 0 Å². The summed E-state index contributed by atoms with van der Waals surface area (Å²) in [6.07, 6.45) is 0. The molecule has 0 spiro atoms. The fourth-order valence-corrected chi connectivity index (χ4v) is 4.92. The summed E-state index contributed by atoms with van der Waals surface area (Å²) in [5.74, 6) is 3.25. The zero-order valence-corrected chi connectivity index (χ0v) is 18.2. The molecule has 1 aliphatic rings. The van der Waals surface area contributed by atoms with E-state index in [-0.39, 0.29) is 22.8 Å². The first-order valence-corrected chi connectivity index (χ1v) is 11.0. The number of ether oxygens (including phenoxy) is 1. The molecule has 10 heteroatoms. The van der Waals surface area contributed by atoms with Crippen molar-refractivity contribution >= 4 is 27.6 Å². The number of amides is 1. The lowest BCUT2D eigenvalue weighted by Gasteiger charge is -2.28. The Kier molecular flexibility index (Phi) is 6.81. The number of hydrogen-bond donors (Lipinski definition) is 1. The van der Waals surface area contributed by atoms with Gasteiger partial charge in [0.05, 0.1) is 11.4 Å². The average molecular weight is 460 g/mol. The van der Waals surface area contributed by atoms with Crippen molar-refractivity contribution < 1.29 is 32.2 Å². The number of carboxylic acids is 1. The Hall–Kier alpha value is -3.42. The van der Waals surface area contributed by atoms with Gasteiger partial charge in [0, 0.05) is 19.2 Å².